The van der Waals surface area contributed by atoms with Crippen molar-refractivity contribution in [2.45, 2.75) is 11.5 Å². The Kier molecular flexibility index (Phi) is 10.4. The average molecular weight is 444 g/mol. The number of hydrogen-bond acceptors (Lipinski definition) is 6. The maximum absolute atomic E-state index is 13.4. The zero-order valence-electron chi connectivity index (χ0n) is 14.9. The lowest BCUT2D eigenvalue weighted by atomic mass is 10.2. The number of ether oxygens (including phenoxy) is 1. The van der Waals surface area contributed by atoms with Crippen LogP contribution in [-0.2, 0) is 25.6 Å². The first kappa shape index (κ1) is 22.4. The lowest BCUT2D eigenvalue weighted by Gasteiger charge is -2.18. The van der Waals surface area contributed by atoms with Crippen molar-refractivity contribution in [2.24, 2.45) is 0 Å². The number of hydrogen-bond donors (Lipinski definition) is 1. The van der Waals surface area contributed by atoms with E-state index in [4.69, 9.17) is 16.3 Å². The Balaban J connectivity index is 1.91. The SMILES string of the molecule is O=C(CNCP(=O)(SCc1ccccc1)SCc1ccccc1)OCCCl. The Morgan fingerprint density at radius 2 is 1.48 bits per heavy atom. The minimum Gasteiger partial charge on any atom is -0.463 e. The van der Waals surface area contributed by atoms with Crippen molar-refractivity contribution in [3.8, 4) is 0 Å². The molecule has 0 aliphatic rings. The van der Waals surface area contributed by atoms with E-state index in [0.29, 0.717) is 11.5 Å². The lowest BCUT2D eigenvalue weighted by molar-refractivity contribution is -0.141. The molecule has 0 aromatic heterocycles. The molecule has 0 aliphatic carbocycles. The van der Waals surface area contributed by atoms with Gasteiger partial charge in [0, 0.05) is 11.5 Å². The molecule has 2 aromatic carbocycles. The molecule has 0 bridgehead atoms. The van der Waals surface area contributed by atoms with Gasteiger partial charge in [0.15, 0.2) is 0 Å². The van der Waals surface area contributed by atoms with E-state index in [9.17, 15) is 9.36 Å². The van der Waals surface area contributed by atoms with Crippen LogP contribution in [0.5, 0.6) is 0 Å². The Morgan fingerprint density at radius 3 is 1.96 bits per heavy atom. The molecule has 0 atom stereocenters. The molecule has 0 aliphatic heterocycles. The summed E-state index contributed by atoms with van der Waals surface area (Å²) in [7, 11) is 0. The second-order valence-corrected chi connectivity index (χ2v) is 14.4. The van der Waals surface area contributed by atoms with Gasteiger partial charge in [-0.2, -0.15) is 0 Å². The van der Waals surface area contributed by atoms with Gasteiger partial charge in [0.2, 0.25) is 5.55 Å². The van der Waals surface area contributed by atoms with Crippen LogP contribution in [0.15, 0.2) is 60.7 Å². The van der Waals surface area contributed by atoms with E-state index < -0.39 is 5.55 Å². The number of rotatable bonds is 12. The number of carbonyl (C=O) groups is 1. The molecule has 0 heterocycles. The molecule has 8 heteroatoms. The largest absolute Gasteiger partial charge is 0.463 e. The fourth-order valence-corrected chi connectivity index (χ4v) is 8.93. The van der Waals surface area contributed by atoms with Gasteiger partial charge in [-0.3, -0.25) is 14.7 Å². The fourth-order valence-electron chi connectivity index (χ4n) is 2.12. The van der Waals surface area contributed by atoms with Crippen LogP contribution in [0.1, 0.15) is 11.1 Å². The van der Waals surface area contributed by atoms with Gasteiger partial charge >= 0.3 is 5.97 Å². The molecule has 2 rings (SSSR count). The first-order valence-electron chi connectivity index (χ1n) is 8.49. The molecule has 0 radical (unpaired) electrons. The number of esters is 1. The van der Waals surface area contributed by atoms with Crippen LogP contribution in [0.25, 0.3) is 0 Å². The minimum absolute atomic E-state index is 0.0265. The zero-order chi connectivity index (χ0) is 19.4. The van der Waals surface area contributed by atoms with Gasteiger partial charge in [0.25, 0.3) is 0 Å². The van der Waals surface area contributed by atoms with Crippen LogP contribution in [-0.4, -0.2) is 31.3 Å². The summed E-state index contributed by atoms with van der Waals surface area (Å²) < 4.78 is 18.4. The van der Waals surface area contributed by atoms with E-state index >= 15 is 0 Å². The average Bonchev–Trinajstić information content (AvgIpc) is 2.71. The Labute approximate surface area is 173 Å². The lowest BCUT2D eigenvalue weighted by Crippen LogP contribution is -2.25. The van der Waals surface area contributed by atoms with Crippen LogP contribution < -0.4 is 5.32 Å². The zero-order valence-corrected chi connectivity index (χ0v) is 18.2. The Bertz CT molecular complexity index is 687. The first-order chi connectivity index (χ1) is 13.1. The third-order valence-corrected chi connectivity index (χ3v) is 11.7. The van der Waals surface area contributed by atoms with Gasteiger partial charge in [0.1, 0.15) is 6.61 Å². The van der Waals surface area contributed by atoms with E-state index in [1.54, 1.807) is 0 Å². The second-order valence-electron chi connectivity index (χ2n) is 5.62. The van der Waals surface area contributed by atoms with E-state index in [0.717, 1.165) is 11.1 Å². The normalized spacial score (nSPS) is 11.3. The third kappa shape index (κ3) is 9.22. The van der Waals surface area contributed by atoms with Gasteiger partial charge in [-0.25, -0.2) is 0 Å². The van der Waals surface area contributed by atoms with Gasteiger partial charge in [-0.05, 0) is 11.1 Å². The maximum Gasteiger partial charge on any atom is 0.319 e. The van der Waals surface area contributed by atoms with Crippen molar-refractivity contribution in [3.05, 3.63) is 71.8 Å². The van der Waals surface area contributed by atoms with Crippen LogP contribution >= 0.6 is 39.9 Å². The first-order valence-corrected chi connectivity index (χ1v) is 14.1. The quantitative estimate of drug-likeness (QED) is 0.270. The van der Waals surface area contributed by atoms with Crippen molar-refractivity contribution in [1.29, 1.82) is 0 Å². The highest BCUT2D eigenvalue weighted by atomic mass is 35.5. The standard InChI is InChI=1S/C19H23ClNO3PS2/c20-11-12-24-19(22)13-21-16-25(23,26-14-17-7-3-1-4-8-17)27-15-18-9-5-2-6-10-18/h1-10,21H,11-16H2. The Hall–Kier alpha value is -0.910. The molecule has 0 unspecified atom stereocenters. The molecule has 146 valence electrons. The predicted octanol–water partition coefficient (Wildman–Crippen LogP) is 5.38. The molecular weight excluding hydrogens is 421 g/mol. The number of alkyl halides is 1. The summed E-state index contributed by atoms with van der Waals surface area (Å²) >= 11 is 8.40. The summed E-state index contributed by atoms with van der Waals surface area (Å²) in [5.41, 5.74) is -0.386. The molecule has 0 saturated carbocycles. The maximum atomic E-state index is 13.4. The second kappa shape index (κ2) is 12.5. The summed E-state index contributed by atoms with van der Waals surface area (Å²) in [4.78, 5) is 11.6. The third-order valence-electron chi connectivity index (χ3n) is 3.46. The Morgan fingerprint density at radius 1 is 0.963 bits per heavy atom. The predicted molar refractivity (Wildman–Crippen MR) is 118 cm³/mol. The number of halogens is 1. The van der Waals surface area contributed by atoms with Crippen LogP contribution in [0.4, 0.5) is 0 Å². The number of benzene rings is 2. The van der Waals surface area contributed by atoms with Gasteiger partial charge in [0.05, 0.1) is 18.7 Å². The summed E-state index contributed by atoms with van der Waals surface area (Å²) in [5.74, 6) is 1.21. The van der Waals surface area contributed by atoms with Gasteiger partial charge in [-0.1, -0.05) is 83.4 Å². The summed E-state index contributed by atoms with van der Waals surface area (Å²) in [5, 5.41) is 2.98. The molecule has 0 spiro atoms. The van der Waals surface area contributed by atoms with Crippen LogP contribution in [0, 0.1) is 0 Å². The smallest absolute Gasteiger partial charge is 0.319 e. The van der Waals surface area contributed by atoms with Crippen molar-refractivity contribution in [2.75, 3.05) is 25.3 Å². The van der Waals surface area contributed by atoms with E-state index in [2.05, 4.69) is 5.32 Å². The van der Waals surface area contributed by atoms with Gasteiger partial charge in [-0.15, -0.1) is 11.6 Å². The minimum atomic E-state index is -2.64. The molecule has 27 heavy (non-hydrogen) atoms. The molecule has 1 N–H and O–H groups in total. The van der Waals surface area contributed by atoms with E-state index in [1.807, 2.05) is 60.7 Å². The van der Waals surface area contributed by atoms with E-state index in [1.165, 1.54) is 22.8 Å². The van der Waals surface area contributed by atoms with E-state index in [-0.39, 0.29) is 31.3 Å². The molecule has 0 saturated heterocycles. The highest BCUT2D eigenvalue weighted by Gasteiger charge is 2.24. The summed E-state index contributed by atoms with van der Waals surface area (Å²) in [6.45, 7) is 0.212. The highest BCUT2D eigenvalue weighted by Crippen LogP contribution is 2.69. The van der Waals surface area contributed by atoms with Crippen LogP contribution in [0.2, 0.25) is 0 Å². The molecule has 2 aromatic rings. The molecular formula is C19H23ClNO3PS2. The van der Waals surface area contributed by atoms with Crippen LogP contribution in [0.3, 0.4) is 0 Å². The van der Waals surface area contributed by atoms with Crippen molar-refractivity contribution >= 4 is 45.9 Å². The summed E-state index contributed by atoms with van der Waals surface area (Å²) in [6.07, 6.45) is 0.262. The monoisotopic (exact) mass is 443 g/mol. The van der Waals surface area contributed by atoms with Crippen molar-refractivity contribution in [3.63, 3.8) is 0 Å². The molecule has 0 fully saturated rings. The van der Waals surface area contributed by atoms with Crippen molar-refractivity contribution in [1.82, 2.24) is 5.32 Å². The number of nitrogens with one attached hydrogen (secondary N) is 1. The fraction of sp³-hybridized carbons (Fsp3) is 0.316. The highest BCUT2D eigenvalue weighted by molar-refractivity contribution is 8.90. The molecule has 0 amide bonds. The topological polar surface area (TPSA) is 55.4 Å². The molecule has 4 nitrogen and oxygen atoms in total. The number of carbonyl (C=O) groups excluding carboxylic acids is 1. The summed E-state index contributed by atoms with van der Waals surface area (Å²) in [6, 6.07) is 19.9. The van der Waals surface area contributed by atoms with Gasteiger partial charge < -0.3 is 4.74 Å². The van der Waals surface area contributed by atoms with Crippen molar-refractivity contribution < 1.29 is 14.1 Å².